The van der Waals surface area contributed by atoms with E-state index in [-0.39, 0.29) is 31.2 Å². The van der Waals surface area contributed by atoms with E-state index in [0.29, 0.717) is 33.4 Å². The van der Waals surface area contributed by atoms with Gasteiger partial charge in [-0.05, 0) is 30.0 Å². The van der Waals surface area contributed by atoms with E-state index in [2.05, 4.69) is 20.9 Å². The van der Waals surface area contributed by atoms with Crippen LogP contribution in [0.25, 0.3) is 0 Å². The molecule has 2 aliphatic heterocycles. The zero-order valence-electron chi connectivity index (χ0n) is 19.3. The van der Waals surface area contributed by atoms with Crippen LogP contribution >= 0.6 is 22.7 Å². The fourth-order valence-electron chi connectivity index (χ4n) is 3.95. The van der Waals surface area contributed by atoms with E-state index in [1.165, 1.54) is 27.6 Å². The monoisotopic (exact) mass is 539 g/mol. The zero-order valence-corrected chi connectivity index (χ0v) is 20.9. The molecule has 3 aromatic rings. The molecule has 0 bridgehead atoms. The molecule has 5 rings (SSSR count). The minimum absolute atomic E-state index is 0.178. The Morgan fingerprint density at radius 1 is 1.11 bits per heavy atom. The molecule has 2 unspecified atom stereocenters. The molecule has 190 valence electrons. The van der Waals surface area contributed by atoms with Gasteiger partial charge in [0.1, 0.15) is 17.5 Å². The van der Waals surface area contributed by atoms with Gasteiger partial charge in [0.05, 0.1) is 16.9 Å². The van der Waals surface area contributed by atoms with Crippen molar-refractivity contribution in [2.24, 2.45) is 0 Å². The molecular formula is C24H21N5O6S2. The molecule has 0 spiro atoms. The number of carbonyl (C=O) groups excluding carboxylic acids is 5. The molecule has 1 fully saturated rings. The summed E-state index contributed by atoms with van der Waals surface area (Å²) in [6.07, 6.45) is -0.636. The second-order valence-electron chi connectivity index (χ2n) is 8.27. The Labute approximate surface area is 218 Å². The highest BCUT2D eigenvalue weighted by Gasteiger charge is 2.36. The van der Waals surface area contributed by atoms with Crippen molar-refractivity contribution in [3.8, 4) is 5.75 Å². The van der Waals surface area contributed by atoms with Gasteiger partial charge in [-0.15, -0.1) is 22.7 Å². The number of nitrogens with one attached hydrogen (secondary N) is 3. The molecule has 4 heterocycles. The van der Waals surface area contributed by atoms with Crippen molar-refractivity contribution >= 4 is 57.3 Å². The molecular weight excluding hydrogens is 518 g/mol. The molecule has 3 N–H and O–H groups in total. The number of carbonyl (C=O) groups is 5. The van der Waals surface area contributed by atoms with Crippen LogP contribution < -0.4 is 25.6 Å². The van der Waals surface area contributed by atoms with E-state index in [4.69, 9.17) is 4.74 Å². The van der Waals surface area contributed by atoms with Crippen LogP contribution in [0.15, 0.2) is 47.2 Å². The largest absolute Gasteiger partial charge is 0.475 e. The Hall–Kier alpha value is -4.10. The second kappa shape index (κ2) is 10.5. The molecule has 2 aromatic heterocycles. The molecule has 0 aliphatic carbocycles. The van der Waals surface area contributed by atoms with E-state index in [0.717, 1.165) is 0 Å². The van der Waals surface area contributed by atoms with E-state index in [9.17, 15) is 24.0 Å². The predicted octanol–water partition coefficient (Wildman–Crippen LogP) is 2.27. The number of fused-ring (bicyclic) bond motifs is 1. The summed E-state index contributed by atoms with van der Waals surface area (Å²) in [5.74, 6) is -0.858. The zero-order chi connectivity index (χ0) is 25.9. The Morgan fingerprint density at radius 3 is 2.68 bits per heavy atom. The quantitative estimate of drug-likeness (QED) is 0.279. The van der Waals surface area contributed by atoms with E-state index < -0.39 is 30.0 Å². The number of amides is 5. The predicted molar refractivity (Wildman–Crippen MR) is 135 cm³/mol. The lowest BCUT2D eigenvalue weighted by Gasteiger charge is -2.19. The number of ketones is 1. The van der Waals surface area contributed by atoms with Crippen LogP contribution in [0.4, 0.5) is 9.93 Å². The average molecular weight is 540 g/mol. The number of nitrogens with zero attached hydrogens (tertiary/aromatic N) is 2. The van der Waals surface area contributed by atoms with Crippen molar-refractivity contribution in [2.45, 2.75) is 25.0 Å². The molecule has 5 amide bonds. The number of anilines is 1. The standard InChI is InChI=1S/C24H21N5O6S2/c30-18(11-14-21(32)28-23(34)26-14)25-8-4-9-29(22(33)17-7-3-10-36-17)24-27-15(12-37-24)20-19(31)13-5-1-2-6-16(13)35-20/h1-3,5-7,10,12,14,20H,4,8-9,11H2,(H,25,30)(H2,26,28,32,34). The minimum atomic E-state index is -0.898. The first kappa shape index (κ1) is 24.6. The number of Topliss-reactive ketones (excluding diaryl/α,β-unsaturated/α-hetero) is 1. The van der Waals surface area contributed by atoms with Crippen LogP contribution in [0.2, 0.25) is 0 Å². The first-order chi connectivity index (χ1) is 17.9. The normalized spacial score (nSPS) is 18.1. The highest BCUT2D eigenvalue weighted by Crippen LogP contribution is 2.38. The maximum absolute atomic E-state index is 13.2. The van der Waals surface area contributed by atoms with Gasteiger partial charge in [0.2, 0.25) is 17.8 Å². The summed E-state index contributed by atoms with van der Waals surface area (Å²) < 4.78 is 5.82. The van der Waals surface area contributed by atoms with Gasteiger partial charge in [-0.2, -0.15) is 0 Å². The molecule has 2 aliphatic rings. The summed E-state index contributed by atoms with van der Waals surface area (Å²) in [6, 6.07) is 8.98. The molecule has 2 atom stereocenters. The van der Waals surface area contributed by atoms with Crippen molar-refractivity contribution in [2.75, 3.05) is 18.0 Å². The lowest BCUT2D eigenvalue weighted by molar-refractivity contribution is -0.126. The van der Waals surface area contributed by atoms with Crippen LogP contribution in [0.3, 0.4) is 0 Å². The number of hydrogen-bond donors (Lipinski definition) is 3. The summed E-state index contributed by atoms with van der Waals surface area (Å²) in [5, 5.41) is 11.1. The molecule has 11 nitrogen and oxygen atoms in total. The number of thiazole rings is 1. The number of para-hydroxylation sites is 1. The van der Waals surface area contributed by atoms with Crippen molar-refractivity contribution in [3.05, 3.63) is 63.3 Å². The molecule has 0 radical (unpaired) electrons. The first-order valence-corrected chi connectivity index (χ1v) is 13.2. The topological polar surface area (TPSA) is 147 Å². The van der Waals surface area contributed by atoms with Crippen molar-refractivity contribution in [1.82, 2.24) is 20.9 Å². The van der Waals surface area contributed by atoms with Crippen LogP contribution in [-0.4, -0.2) is 53.7 Å². The lowest BCUT2D eigenvalue weighted by Crippen LogP contribution is -2.38. The maximum Gasteiger partial charge on any atom is 0.322 e. The number of hydrogen-bond acceptors (Lipinski definition) is 9. The van der Waals surface area contributed by atoms with Gasteiger partial charge in [0.25, 0.3) is 11.8 Å². The van der Waals surface area contributed by atoms with Gasteiger partial charge in [0.15, 0.2) is 5.13 Å². The molecule has 37 heavy (non-hydrogen) atoms. The molecule has 13 heteroatoms. The van der Waals surface area contributed by atoms with Crippen molar-refractivity contribution < 1.29 is 28.7 Å². The summed E-state index contributed by atoms with van der Waals surface area (Å²) >= 11 is 2.54. The van der Waals surface area contributed by atoms with Crippen molar-refractivity contribution in [1.29, 1.82) is 0 Å². The first-order valence-electron chi connectivity index (χ1n) is 11.4. The minimum Gasteiger partial charge on any atom is -0.475 e. The molecule has 1 aromatic carbocycles. The summed E-state index contributed by atoms with van der Waals surface area (Å²) in [7, 11) is 0. The second-order valence-corrected chi connectivity index (χ2v) is 10.1. The number of ether oxygens (including phenoxy) is 1. The summed E-state index contributed by atoms with van der Waals surface area (Å²) in [4.78, 5) is 67.6. The van der Waals surface area contributed by atoms with Gasteiger partial charge in [-0.1, -0.05) is 18.2 Å². The summed E-state index contributed by atoms with van der Waals surface area (Å²) in [5.41, 5.74) is 0.925. The fraction of sp³-hybridized carbons (Fsp3) is 0.250. The average Bonchev–Trinajstić information content (AvgIpc) is 3.68. The smallest absolute Gasteiger partial charge is 0.322 e. The Kier molecular flexibility index (Phi) is 6.97. The van der Waals surface area contributed by atoms with Crippen LogP contribution in [0.5, 0.6) is 5.75 Å². The van der Waals surface area contributed by atoms with Crippen LogP contribution in [0.1, 0.15) is 44.7 Å². The van der Waals surface area contributed by atoms with Gasteiger partial charge < -0.3 is 15.4 Å². The Balaban J connectivity index is 1.23. The number of thiophene rings is 1. The summed E-state index contributed by atoms with van der Waals surface area (Å²) in [6.45, 7) is 0.497. The maximum atomic E-state index is 13.2. The van der Waals surface area contributed by atoms with E-state index >= 15 is 0 Å². The number of urea groups is 1. The number of benzene rings is 1. The number of aromatic nitrogens is 1. The van der Waals surface area contributed by atoms with Gasteiger partial charge >= 0.3 is 6.03 Å². The highest BCUT2D eigenvalue weighted by molar-refractivity contribution is 7.14. The molecule has 1 saturated heterocycles. The highest BCUT2D eigenvalue weighted by atomic mass is 32.1. The van der Waals surface area contributed by atoms with Crippen LogP contribution in [-0.2, 0) is 9.59 Å². The lowest BCUT2D eigenvalue weighted by atomic mass is 10.1. The number of rotatable bonds is 9. The Bertz CT molecular complexity index is 1370. The molecule has 0 saturated carbocycles. The van der Waals surface area contributed by atoms with Crippen LogP contribution in [0, 0.1) is 0 Å². The van der Waals surface area contributed by atoms with E-state index in [1.54, 1.807) is 47.2 Å². The third kappa shape index (κ3) is 5.22. The van der Waals surface area contributed by atoms with Crippen molar-refractivity contribution in [3.63, 3.8) is 0 Å². The third-order valence-corrected chi connectivity index (χ3v) is 7.49. The van der Waals surface area contributed by atoms with E-state index in [1.807, 2.05) is 0 Å². The van der Waals surface area contributed by atoms with Gasteiger partial charge in [-0.25, -0.2) is 9.78 Å². The number of imide groups is 1. The van der Waals surface area contributed by atoms with Gasteiger partial charge in [-0.3, -0.25) is 29.4 Å². The third-order valence-electron chi connectivity index (χ3n) is 5.75. The van der Waals surface area contributed by atoms with Gasteiger partial charge in [0, 0.05) is 18.5 Å². The Morgan fingerprint density at radius 2 is 1.95 bits per heavy atom. The fourth-order valence-corrected chi connectivity index (χ4v) is 5.49. The SMILES string of the molecule is O=C(CC1NC(=O)NC1=O)NCCCN(C(=O)c1cccs1)c1nc(C2Oc3ccccc3C2=O)cs1.